The highest BCUT2D eigenvalue weighted by atomic mass is 16.5. The third-order valence-corrected chi connectivity index (χ3v) is 5.22. The molecule has 0 aliphatic carbocycles. The van der Waals surface area contributed by atoms with E-state index in [4.69, 9.17) is 9.47 Å². The average molecular weight is 378 g/mol. The summed E-state index contributed by atoms with van der Waals surface area (Å²) < 4.78 is 10.5. The summed E-state index contributed by atoms with van der Waals surface area (Å²) >= 11 is 0. The van der Waals surface area contributed by atoms with Gasteiger partial charge in [-0.2, -0.15) is 0 Å². The Kier molecular flexibility index (Phi) is 8.27. The number of aliphatic hydroxyl groups is 1. The molecule has 0 aromatic heterocycles. The molecule has 0 spiro atoms. The van der Waals surface area contributed by atoms with E-state index in [1.54, 1.807) is 7.11 Å². The van der Waals surface area contributed by atoms with E-state index >= 15 is 0 Å². The van der Waals surface area contributed by atoms with Gasteiger partial charge in [-0.25, -0.2) is 0 Å². The Morgan fingerprint density at radius 2 is 1.96 bits per heavy atom. The lowest BCUT2D eigenvalue weighted by Gasteiger charge is -2.20. The zero-order valence-electron chi connectivity index (χ0n) is 17.2. The zero-order chi connectivity index (χ0) is 19.9. The predicted octanol–water partition coefficient (Wildman–Crippen LogP) is 3.31. The van der Waals surface area contributed by atoms with Crippen molar-refractivity contribution in [3.05, 3.63) is 35.4 Å². The van der Waals surface area contributed by atoms with E-state index in [0.29, 0.717) is 38.6 Å². The Balaban J connectivity index is 1.73. The molecular weight excluding hydrogens is 342 g/mol. The molecule has 5 nitrogen and oxygen atoms in total. The largest absolute Gasteiger partial charge is 0.388 e. The summed E-state index contributed by atoms with van der Waals surface area (Å²) in [5, 5.41) is 10.4. The maximum atomic E-state index is 12.4. The zero-order valence-corrected chi connectivity index (χ0v) is 17.2. The number of hydrogen-bond acceptors (Lipinski definition) is 4. The van der Waals surface area contributed by atoms with Gasteiger partial charge in [-0.3, -0.25) is 4.79 Å². The molecule has 152 valence electrons. The van der Waals surface area contributed by atoms with Gasteiger partial charge in [-0.15, -0.1) is 0 Å². The van der Waals surface area contributed by atoms with Crippen molar-refractivity contribution >= 4 is 5.91 Å². The van der Waals surface area contributed by atoms with Crippen LogP contribution in [0.15, 0.2) is 24.3 Å². The third-order valence-electron chi connectivity index (χ3n) is 5.22. The minimum atomic E-state index is -0.598. The molecule has 1 N–H and O–H groups in total. The van der Waals surface area contributed by atoms with Crippen LogP contribution >= 0.6 is 0 Å². The summed E-state index contributed by atoms with van der Waals surface area (Å²) in [6.07, 6.45) is 1.22. The first kappa shape index (κ1) is 21.9. The van der Waals surface area contributed by atoms with Gasteiger partial charge >= 0.3 is 0 Å². The molecule has 2 atom stereocenters. The van der Waals surface area contributed by atoms with Crippen LogP contribution in [0.2, 0.25) is 0 Å². The number of methoxy groups -OCH3 is 1. The summed E-state index contributed by atoms with van der Waals surface area (Å²) in [5.41, 5.74) is 2.21. The summed E-state index contributed by atoms with van der Waals surface area (Å²) in [7, 11) is 1.66. The van der Waals surface area contributed by atoms with Crippen LogP contribution in [0, 0.1) is 5.92 Å². The van der Waals surface area contributed by atoms with Gasteiger partial charge < -0.3 is 19.5 Å². The maximum Gasteiger partial charge on any atom is 0.222 e. The standard InChI is InChI=1S/C22H35NO4/c1-22(2,3)19-7-5-18(6-8-19)20(24)9-10-21(25)23-12-11-17(15-23)16-27-14-13-26-4/h5-8,17,20,24H,9-16H2,1-4H3. The Bertz CT molecular complexity index is 579. The van der Waals surface area contributed by atoms with Crippen molar-refractivity contribution in [2.24, 2.45) is 5.92 Å². The van der Waals surface area contributed by atoms with E-state index in [0.717, 1.165) is 25.1 Å². The topological polar surface area (TPSA) is 59.0 Å². The number of carbonyl (C=O) groups is 1. The smallest absolute Gasteiger partial charge is 0.222 e. The van der Waals surface area contributed by atoms with Crippen molar-refractivity contribution in [1.29, 1.82) is 0 Å². The second kappa shape index (κ2) is 10.2. The number of nitrogens with zero attached hydrogens (tertiary/aromatic N) is 1. The van der Waals surface area contributed by atoms with Crippen LogP contribution in [0.1, 0.15) is 57.3 Å². The Morgan fingerprint density at radius 1 is 1.26 bits per heavy atom. The van der Waals surface area contributed by atoms with Crippen molar-refractivity contribution in [3.8, 4) is 0 Å². The lowest BCUT2D eigenvalue weighted by atomic mass is 9.86. The molecule has 2 unspecified atom stereocenters. The number of benzene rings is 1. The van der Waals surface area contributed by atoms with Crippen molar-refractivity contribution in [1.82, 2.24) is 4.90 Å². The Hall–Kier alpha value is -1.43. The Labute approximate surface area is 163 Å². The molecule has 1 aliphatic heterocycles. The van der Waals surface area contributed by atoms with Gasteiger partial charge in [0.2, 0.25) is 5.91 Å². The number of carbonyl (C=O) groups excluding carboxylic acids is 1. The molecule has 1 saturated heterocycles. The van der Waals surface area contributed by atoms with Crippen molar-refractivity contribution in [2.45, 2.75) is 51.6 Å². The van der Waals surface area contributed by atoms with Crippen LogP contribution in [0.4, 0.5) is 0 Å². The van der Waals surface area contributed by atoms with Crippen LogP contribution in [0.5, 0.6) is 0 Å². The molecule has 2 rings (SSSR count). The molecule has 1 amide bonds. The van der Waals surface area contributed by atoms with Crippen molar-refractivity contribution in [3.63, 3.8) is 0 Å². The molecule has 1 aliphatic rings. The fourth-order valence-electron chi connectivity index (χ4n) is 3.38. The van der Waals surface area contributed by atoms with Gasteiger partial charge in [-0.05, 0) is 29.4 Å². The molecule has 0 saturated carbocycles. The number of ether oxygens (including phenoxy) is 2. The highest BCUT2D eigenvalue weighted by Gasteiger charge is 2.26. The molecule has 1 heterocycles. The van der Waals surface area contributed by atoms with E-state index in [-0.39, 0.29) is 11.3 Å². The first-order valence-corrected chi connectivity index (χ1v) is 9.94. The summed E-state index contributed by atoms with van der Waals surface area (Å²) in [4.78, 5) is 14.3. The fraction of sp³-hybridized carbons (Fsp3) is 0.682. The molecular formula is C22H35NO4. The van der Waals surface area contributed by atoms with Crippen LogP contribution in [0.25, 0.3) is 0 Å². The molecule has 1 aromatic carbocycles. The van der Waals surface area contributed by atoms with Crippen LogP contribution in [0.3, 0.4) is 0 Å². The lowest BCUT2D eigenvalue weighted by molar-refractivity contribution is -0.131. The summed E-state index contributed by atoms with van der Waals surface area (Å²) in [5.74, 6) is 0.528. The molecule has 27 heavy (non-hydrogen) atoms. The van der Waals surface area contributed by atoms with Gasteiger partial charge in [0.15, 0.2) is 0 Å². The van der Waals surface area contributed by atoms with E-state index in [9.17, 15) is 9.90 Å². The minimum absolute atomic E-state index is 0.0963. The first-order valence-electron chi connectivity index (χ1n) is 9.94. The Morgan fingerprint density at radius 3 is 2.59 bits per heavy atom. The molecule has 1 fully saturated rings. The number of amides is 1. The number of rotatable bonds is 9. The third kappa shape index (κ3) is 6.91. The normalized spacial score (nSPS) is 18.7. The molecule has 5 heteroatoms. The van der Waals surface area contributed by atoms with Crippen LogP contribution in [-0.4, -0.2) is 55.9 Å². The van der Waals surface area contributed by atoms with Gasteiger partial charge in [0.25, 0.3) is 0 Å². The first-order chi connectivity index (χ1) is 12.8. The second-order valence-electron chi connectivity index (χ2n) is 8.49. The highest BCUT2D eigenvalue weighted by Crippen LogP contribution is 2.26. The van der Waals surface area contributed by atoms with E-state index in [2.05, 4.69) is 32.9 Å². The predicted molar refractivity (Wildman–Crippen MR) is 107 cm³/mol. The highest BCUT2D eigenvalue weighted by molar-refractivity contribution is 5.76. The lowest BCUT2D eigenvalue weighted by Crippen LogP contribution is -2.29. The van der Waals surface area contributed by atoms with E-state index in [1.165, 1.54) is 5.56 Å². The molecule has 1 aromatic rings. The maximum absolute atomic E-state index is 12.4. The summed E-state index contributed by atoms with van der Waals surface area (Å²) in [6.45, 7) is 9.92. The van der Waals surface area contributed by atoms with Crippen LogP contribution in [-0.2, 0) is 19.7 Å². The van der Waals surface area contributed by atoms with Gasteiger partial charge in [0, 0.05) is 32.5 Å². The van der Waals surface area contributed by atoms with Gasteiger partial charge in [-0.1, -0.05) is 45.0 Å². The van der Waals surface area contributed by atoms with Gasteiger partial charge in [0.05, 0.1) is 25.9 Å². The van der Waals surface area contributed by atoms with Crippen molar-refractivity contribution in [2.75, 3.05) is 40.0 Å². The minimum Gasteiger partial charge on any atom is -0.388 e. The fourth-order valence-corrected chi connectivity index (χ4v) is 3.38. The van der Waals surface area contributed by atoms with Gasteiger partial charge in [0.1, 0.15) is 0 Å². The molecule has 0 radical (unpaired) electrons. The monoisotopic (exact) mass is 377 g/mol. The quantitative estimate of drug-likeness (QED) is 0.671. The second-order valence-corrected chi connectivity index (χ2v) is 8.49. The molecule has 0 bridgehead atoms. The average Bonchev–Trinajstić information content (AvgIpc) is 3.11. The SMILES string of the molecule is COCCOCC1CCN(C(=O)CCC(O)c2ccc(C(C)(C)C)cc2)C1. The number of aliphatic hydroxyl groups excluding tert-OH is 1. The van der Waals surface area contributed by atoms with Crippen LogP contribution < -0.4 is 0 Å². The van der Waals surface area contributed by atoms with Crippen molar-refractivity contribution < 1.29 is 19.4 Å². The van der Waals surface area contributed by atoms with E-state index < -0.39 is 6.10 Å². The summed E-state index contributed by atoms with van der Waals surface area (Å²) in [6, 6.07) is 8.07. The number of likely N-dealkylation sites (tertiary alicyclic amines) is 1. The van der Waals surface area contributed by atoms with E-state index in [1.807, 2.05) is 17.0 Å². The number of hydrogen-bond donors (Lipinski definition) is 1.